The Kier molecular flexibility index (Phi) is 1.30. The van der Waals surface area contributed by atoms with Gasteiger partial charge in [-0.3, -0.25) is 0 Å². The highest BCUT2D eigenvalue weighted by Crippen LogP contribution is 1.89. The Hall–Kier alpha value is -1.28. The van der Waals surface area contributed by atoms with Gasteiger partial charge < -0.3 is 15.2 Å². The summed E-state index contributed by atoms with van der Waals surface area (Å²) in [5, 5.41) is 0. The van der Waals surface area contributed by atoms with Gasteiger partial charge >= 0.3 is 5.84 Å². The molecule has 0 amide bonds. The van der Waals surface area contributed by atoms with Gasteiger partial charge in [-0.05, 0) is 6.08 Å². The maximum Gasteiger partial charge on any atom is 0.369 e. The van der Waals surface area contributed by atoms with Gasteiger partial charge in [0, 0.05) is 0 Å². The molecule has 0 radical (unpaired) electrons. The van der Waals surface area contributed by atoms with E-state index in [9.17, 15) is 0 Å². The van der Waals surface area contributed by atoms with Crippen LogP contribution < -0.4 is 5.48 Å². The predicted molar refractivity (Wildman–Crippen MR) is 26.6 cm³/mol. The first-order chi connectivity index (χ1) is 3.93. The van der Waals surface area contributed by atoms with Crippen LogP contribution in [0.15, 0.2) is 12.3 Å². The quantitative estimate of drug-likeness (QED) is 0.354. The fourth-order valence-electron chi connectivity index (χ4n) is 0.413. The number of nitrogens with zero attached hydrogens (tertiary/aromatic N) is 2. The molecule has 1 rings (SSSR count). The first-order valence-corrected chi connectivity index (χ1v) is 2.21. The van der Waals surface area contributed by atoms with Crippen molar-refractivity contribution in [1.29, 1.82) is 0 Å². The molecule has 0 aliphatic carbocycles. The monoisotopic (exact) mass is 111 g/mol. The van der Waals surface area contributed by atoms with E-state index in [1.54, 1.807) is 6.08 Å². The van der Waals surface area contributed by atoms with Crippen molar-refractivity contribution in [1.82, 2.24) is 5.48 Å². The first-order valence-electron chi connectivity index (χ1n) is 2.21. The molecule has 4 heteroatoms. The van der Waals surface area contributed by atoms with E-state index in [1.165, 1.54) is 6.26 Å². The maximum absolute atomic E-state index is 8.10. The topological polar surface area (TPSA) is 57.7 Å². The third kappa shape index (κ3) is 0.859. The van der Waals surface area contributed by atoms with Crippen molar-refractivity contribution in [3.05, 3.63) is 17.9 Å². The second-order valence-electron chi connectivity index (χ2n) is 1.34. The third-order valence-electron chi connectivity index (χ3n) is 0.773. The molecule has 0 aromatic heterocycles. The van der Waals surface area contributed by atoms with E-state index in [-0.39, 0.29) is 0 Å². The first kappa shape index (κ1) is 4.87. The molecule has 8 heavy (non-hydrogen) atoms. The average Bonchev–Trinajstić information content (AvgIpc) is 1.90. The van der Waals surface area contributed by atoms with Crippen molar-refractivity contribution in [2.45, 2.75) is 6.42 Å². The van der Waals surface area contributed by atoms with E-state index in [2.05, 4.69) is 15.1 Å². The summed E-state index contributed by atoms with van der Waals surface area (Å²) < 4.78 is 0. The number of nitrogens with one attached hydrogen (secondary N) is 1. The molecule has 0 bridgehead atoms. The fraction of sp³-hybridized carbons (Fsp3) is 0.250. The van der Waals surface area contributed by atoms with Crippen LogP contribution in [0.25, 0.3) is 5.53 Å². The molecular weight excluding hydrogens is 106 g/mol. The molecule has 0 fully saturated rings. The van der Waals surface area contributed by atoms with Gasteiger partial charge in [0.1, 0.15) is 6.26 Å². The van der Waals surface area contributed by atoms with Gasteiger partial charge in [-0.25, -0.2) is 0 Å². The van der Waals surface area contributed by atoms with Gasteiger partial charge in [0.2, 0.25) is 0 Å². The van der Waals surface area contributed by atoms with Crippen LogP contribution in [0, 0.1) is 0 Å². The summed E-state index contributed by atoms with van der Waals surface area (Å²) >= 11 is 0. The van der Waals surface area contributed by atoms with Gasteiger partial charge in [-0.1, -0.05) is 5.48 Å². The zero-order valence-corrected chi connectivity index (χ0v) is 4.16. The summed E-state index contributed by atoms with van der Waals surface area (Å²) in [5.74, 6) is 0.424. The Morgan fingerprint density at radius 1 is 1.88 bits per heavy atom. The molecular formula is C4H5N3O. The van der Waals surface area contributed by atoms with E-state index < -0.39 is 0 Å². The lowest BCUT2D eigenvalue weighted by atomic mass is 10.4. The Morgan fingerprint density at radius 2 is 2.75 bits per heavy atom. The molecule has 0 saturated carbocycles. The molecule has 1 aliphatic heterocycles. The van der Waals surface area contributed by atoms with Gasteiger partial charge in [-0.15, -0.1) is 0 Å². The summed E-state index contributed by atoms with van der Waals surface area (Å²) in [6.07, 6.45) is 3.83. The summed E-state index contributed by atoms with van der Waals surface area (Å²) in [5.41, 5.74) is 10.5. The lowest BCUT2D eigenvalue weighted by Gasteiger charge is -1.97. The number of hydroxylamine groups is 1. The van der Waals surface area contributed by atoms with Crippen LogP contribution >= 0.6 is 0 Å². The summed E-state index contributed by atoms with van der Waals surface area (Å²) in [6, 6.07) is 0. The molecule has 1 N–H and O–H groups in total. The zero-order valence-electron chi connectivity index (χ0n) is 4.16. The molecule has 0 atom stereocenters. The second kappa shape index (κ2) is 2.14. The Balaban J connectivity index is 2.63. The van der Waals surface area contributed by atoms with Crippen LogP contribution in [0.1, 0.15) is 6.42 Å². The summed E-state index contributed by atoms with van der Waals surface area (Å²) in [7, 11) is 0. The average molecular weight is 111 g/mol. The predicted octanol–water partition coefficient (Wildman–Crippen LogP) is 0.0533. The van der Waals surface area contributed by atoms with Crippen LogP contribution in [0.4, 0.5) is 0 Å². The minimum atomic E-state index is 0.424. The molecule has 0 spiro atoms. The van der Waals surface area contributed by atoms with Gasteiger partial charge in [0.05, 0.1) is 6.42 Å². The van der Waals surface area contributed by atoms with E-state index in [4.69, 9.17) is 5.53 Å². The lowest BCUT2D eigenvalue weighted by Crippen LogP contribution is -2.24. The Morgan fingerprint density at radius 3 is 3.12 bits per heavy atom. The molecule has 0 unspecified atom stereocenters. The highest BCUT2D eigenvalue weighted by Gasteiger charge is 2.06. The molecule has 0 aromatic rings. The normalized spacial score (nSPS) is 16.2. The molecule has 42 valence electrons. The Bertz CT molecular complexity index is 157. The molecule has 4 nitrogen and oxygen atoms in total. The Labute approximate surface area is 46.3 Å². The second-order valence-corrected chi connectivity index (χ2v) is 1.34. The van der Waals surface area contributed by atoms with Crippen molar-refractivity contribution in [3.8, 4) is 0 Å². The lowest BCUT2D eigenvalue weighted by molar-refractivity contribution is -0.0295. The van der Waals surface area contributed by atoms with Crippen molar-refractivity contribution in [2.75, 3.05) is 0 Å². The fourth-order valence-corrected chi connectivity index (χ4v) is 0.413. The summed E-state index contributed by atoms with van der Waals surface area (Å²) in [6.45, 7) is 0. The van der Waals surface area contributed by atoms with E-state index in [0.29, 0.717) is 12.3 Å². The van der Waals surface area contributed by atoms with Crippen molar-refractivity contribution in [3.63, 3.8) is 0 Å². The molecule has 0 aromatic carbocycles. The number of amidine groups is 1. The minimum Gasteiger partial charge on any atom is -0.497 e. The van der Waals surface area contributed by atoms with E-state index >= 15 is 0 Å². The van der Waals surface area contributed by atoms with Crippen LogP contribution in [0.5, 0.6) is 0 Å². The standard InChI is InChI=1S/C4H5N3O/c5-6-4-2-1-3-8-7-4/h1,3,7H,2H2. The van der Waals surface area contributed by atoms with Crippen molar-refractivity contribution < 1.29 is 9.63 Å². The van der Waals surface area contributed by atoms with Gasteiger partial charge in [0.25, 0.3) is 0 Å². The van der Waals surface area contributed by atoms with Crippen LogP contribution in [-0.4, -0.2) is 10.6 Å². The highest BCUT2D eigenvalue weighted by molar-refractivity contribution is 5.77. The molecule has 0 saturated heterocycles. The smallest absolute Gasteiger partial charge is 0.369 e. The van der Waals surface area contributed by atoms with Crippen LogP contribution in [0.3, 0.4) is 0 Å². The number of rotatable bonds is 0. The molecule has 1 aliphatic rings. The van der Waals surface area contributed by atoms with E-state index in [1.807, 2.05) is 0 Å². The maximum atomic E-state index is 8.10. The molecule has 1 heterocycles. The van der Waals surface area contributed by atoms with Crippen molar-refractivity contribution in [2.24, 2.45) is 0 Å². The summed E-state index contributed by atoms with van der Waals surface area (Å²) in [4.78, 5) is 7.43. The van der Waals surface area contributed by atoms with E-state index in [0.717, 1.165) is 0 Å². The van der Waals surface area contributed by atoms with Gasteiger partial charge in [-0.2, -0.15) is 0 Å². The van der Waals surface area contributed by atoms with Crippen molar-refractivity contribution >= 4 is 5.84 Å². The number of hydrogen-bond donors (Lipinski definition) is 1. The van der Waals surface area contributed by atoms with Crippen LogP contribution in [-0.2, 0) is 4.84 Å². The zero-order chi connectivity index (χ0) is 5.82. The largest absolute Gasteiger partial charge is 0.497 e. The minimum absolute atomic E-state index is 0.424. The third-order valence-corrected chi connectivity index (χ3v) is 0.773. The number of hydrogen-bond acceptors (Lipinski definition) is 1. The highest BCUT2D eigenvalue weighted by atomic mass is 16.6. The van der Waals surface area contributed by atoms with Crippen LogP contribution in [0.2, 0.25) is 0 Å². The SMILES string of the molecule is [N-]=[N+]=C1CC=CON1. The van der Waals surface area contributed by atoms with Gasteiger partial charge in [0.15, 0.2) is 0 Å².